The minimum Gasteiger partial charge on any atom is -0.283 e. The number of anilines is 1. The van der Waals surface area contributed by atoms with E-state index < -0.39 is 20.0 Å². The molecule has 2 aromatic rings. The van der Waals surface area contributed by atoms with Crippen LogP contribution in [0.4, 0.5) is 5.69 Å². The zero-order valence-electron chi connectivity index (χ0n) is 12.2. The lowest BCUT2D eigenvalue weighted by molar-refractivity contribution is 0.597. The monoisotopic (exact) mass is 426 g/mol. The number of nitrogens with one attached hydrogen (secondary N) is 1. The van der Waals surface area contributed by atoms with Gasteiger partial charge in [-0.3, -0.25) is 4.72 Å². The highest BCUT2D eigenvalue weighted by Crippen LogP contribution is 2.42. The van der Waals surface area contributed by atoms with Crippen LogP contribution in [-0.2, 0) is 20.0 Å². The Bertz CT molecular complexity index is 972. The molecule has 0 aliphatic heterocycles. The number of sulfonamides is 2. The van der Waals surface area contributed by atoms with Crippen molar-refractivity contribution in [2.24, 2.45) is 5.14 Å². The van der Waals surface area contributed by atoms with E-state index in [1.54, 1.807) is 18.2 Å². The summed E-state index contributed by atoms with van der Waals surface area (Å²) in [5, 5.41) is 5.82. The molecule has 0 atom stereocenters. The Labute approximate surface area is 154 Å². The molecule has 0 aliphatic rings. The first-order valence-electron chi connectivity index (χ1n) is 6.24. The summed E-state index contributed by atoms with van der Waals surface area (Å²) in [5.74, 6) is 0. The summed E-state index contributed by atoms with van der Waals surface area (Å²) < 4.78 is 48.4. The molecule has 0 saturated carbocycles. The standard InChI is InChI=1S/C13H12Cl2N2O4S3/c1-23(18,19)17-11-6-5-8(24(16,20)21)7-12(11)22-13-9(14)3-2-4-10(13)15/h2-7,17H,1H3,(H2,16,20,21). The third-order valence-electron chi connectivity index (χ3n) is 2.71. The Kier molecular flexibility index (Phi) is 5.73. The molecule has 2 aromatic carbocycles. The van der Waals surface area contributed by atoms with Crippen molar-refractivity contribution in [1.29, 1.82) is 0 Å². The normalized spacial score (nSPS) is 12.2. The van der Waals surface area contributed by atoms with E-state index in [9.17, 15) is 16.8 Å². The van der Waals surface area contributed by atoms with Crippen LogP contribution in [0, 0.1) is 0 Å². The van der Waals surface area contributed by atoms with Gasteiger partial charge in [0.1, 0.15) is 0 Å². The van der Waals surface area contributed by atoms with Gasteiger partial charge in [0.05, 0.1) is 26.9 Å². The third-order valence-corrected chi connectivity index (χ3v) is 6.27. The van der Waals surface area contributed by atoms with Crippen LogP contribution < -0.4 is 9.86 Å². The summed E-state index contributed by atoms with van der Waals surface area (Å²) in [6, 6.07) is 8.67. The van der Waals surface area contributed by atoms with Gasteiger partial charge < -0.3 is 0 Å². The van der Waals surface area contributed by atoms with E-state index in [0.717, 1.165) is 18.0 Å². The van der Waals surface area contributed by atoms with Crippen LogP contribution in [0.3, 0.4) is 0 Å². The SMILES string of the molecule is CS(=O)(=O)Nc1ccc(S(N)(=O)=O)cc1Sc1c(Cl)cccc1Cl. The van der Waals surface area contributed by atoms with Gasteiger partial charge in [0.15, 0.2) is 0 Å². The molecular formula is C13H12Cl2N2O4S3. The Morgan fingerprint density at radius 3 is 2.12 bits per heavy atom. The van der Waals surface area contributed by atoms with Gasteiger partial charge in [0, 0.05) is 9.79 Å². The number of hydrogen-bond donors (Lipinski definition) is 2. The van der Waals surface area contributed by atoms with Crippen LogP contribution in [-0.4, -0.2) is 23.1 Å². The van der Waals surface area contributed by atoms with Crippen molar-refractivity contribution in [3.63, 3.8) is 0 Å². The van der Waals surface area contributed by atoms with Crippen LogP contribution >= 0.6 is 35.0 Å². The van der Waals surface area contributed by atoms with Crippen molar-refractivity contribution in [3.8, 4) is 0 Å². The Morgan fingerprint density at radius 2 is 1.62 bits per heavy atom. The molecule has 0 heterocycles. The highest BCUT2D eigenvalue weighted by molar-refractivity contribution is 8.00. The summed E-state index contributed by atoms with van der Waals surface area (Å²) in [6.45, 7) is 0. The summed E-state index contributed by atoms with van der Waals surface area (Å²) in [5.41, 5.74) is 0.186. The maximum Gasteiger partial charge on any atom is 0.238 e. The molecule has 0 radical (unpaired) electrons. The van der Waals surface area contributed by atoms with E-state index in [1.807, 2.05) is 0 Å². The summed E-state index contributed by atoms with van der Waals surface area (Å²) in [7, 11) is -7.53. The minimum absolute atomic E-state index is 0.160. The van der Waals surface area contributed by atoms with E-state index in [1.165, 1.54) is 18.2 Å². The highest BCUT2D eigenvalue weighted by Gasteiger charge is 2.17. The van der Waals surface area contributed by atoms with E-state index >= 15 is 0 Å². The van der Waals surface area contributed by atoms with Crippen LogP contribution in [0.2, 0.25) is 10.0 Å². The fraction of sp³-hybridized carbons (Fsp3) is 0.0769. The van der Waals surface area contributed by atoms with Gasteiger partial charge in [-0.15, -0.1) is 0 Å². The molecular weight excluding hydrogens is 415 g/mol. The van der Waals surface area contributed by atoms with Crippen molar-refractivity contribution >= 4 is 60.7 Å². The largest absolute Gasteiger partial charge is 0.283 e. The first kappa shape index (κ1) is 19.4. The van der Waals surface area contributed by atoms with Gasteiger partial charge in [-0.25, -0.2) is 22.0 Å². The van der Waals surface area contributed by atoms with Gasteiger partial charge >= 0.3 is 0 Å². The maximum absolute atomic E-state index is 11.5. The molecule has 6 nitrogen and oxygen atoms in total. The predicted octanol–water partition coefficient (Wildman–Crippen LogP) is 3.16. The van der Waals surface area contributed by atoms with Crippen LogP contribution in [0.15, 0.2) is 51.1 Å². The topological polar surface area (TPSA) is 106 Å². The number of primary sulfonamides is 1. The minimum atomic E-state index is -3.95. The molecule has 3 N–H and O–H groups in total. The molecule has 0 saturated heterocycles. The molecule has 2 rings (SSSR count). The van der Waals surface area contributed by atoms with Crippen molar-refractivity contribution < 1.29 is 16.8 Å². The van der Waals surface area contributed by atoms with Crippen LogP contribution in [0.25, 0.3) is 0 Å². The number of benzene rings is 2. The molecule has 0 aliphatic carbocycles. The molecule has 0 unspecified atom stereocenters. The number of rotatable bonds is 5. The van der Waals surface area contributed by atoms with E-state index in [2.05, 4.69) is 4.72 Å². The first-order chi connectivity index (χ1) is 11.0. The Morgan fingerprint density at radius 1 is 1.04 bits per heavy atom. The van der Waals surface area contributed by atoms with Crippen LogP contribution in [0.5, 0.6) is 0 Å². The fourth-order valence-electron chi connectivity index (χ4n) is 1.74. The van der Waals surface area contributed by atoms with Gasteiger partial charge in [-0.2, -0.15) is 0 Å². The molecule has 11 heteroatoms. The number of hydrogen-bond acceptors (Lipinski definition) is 5. The molecule has 0 bridgehead atoms. The van der Waals surface area contributed by atoms with Crippen molar-refractivity contribution in [3.05, 3.63) is 46.4 Å². The molecule has 130 valence electrons. The zero-order chi connectivity index (χ0) is 18.1. The fourth-order valence-corrected chi connectivity index (χ4v) is 4.59. The molecule has 0 fully saturated rings. The Hall–Kier alpha value is -0.970. The maximum atomic E-state index is 11.5. The lowest BCUT2D eigenvalue weighted by Crippen LogP contribution is -2.14. The number of nitrogens with two attached hydrogens (primary N) is 1. The molecule has 0 aromatic heterocycles. The van der Waals surface area contributed by atoms with Gasteiger partial charge in [0.25, 0.3) is 0 Å². The van der Waals surface area contributed by atoms with Crippen molar-refractivity contribution in [2.75, 3.05) is 11.0 Å². The van der Waals surface area contributed by atoms with Gasteiger partial charge in [-0.1, -0.05) is 41.0 Å². The van der Waals surface area contributed by atoms with Crippen molar-refractivity contribution in [1.82, 2.24) is 0 Å². The van der Waals surface area contributed by atoms with E-state index in [0.29, 0.717) is 19.8 Å². The average molecular weight is 427 g/mol. The molecule has 24 heavy (non-hydrogen) atoms. The zero-order valence-corrected chi connectivity index (χ0v) is 16.1. The van der Waals surface area contributed by atoms with E-state index in [-0.39, 0.29) is 10.6 Å². The summed E-state index contributed by atoms with van der Waals surface area (Å²) in [6.07, 6.45) is 0.984. The smallest absolute Gasteiger partial charge is 0.238 e. The lowest BCUT2D eigenvalue weighted by Gasteiger charge is -2.13. The Balaban J connectivity index is 2.60. The summed E-state index contributed by atoms with van der Waals surface area (Å²) in [4.78, 5) is 0.595. The quantitative estimate of drug-likeness (QED) is 0.763. The second-order valence-electron chi connectivity index (χ2n) is 4.73. The molecule has 0 amide bonds. The average Bonchev–Trinajstić information content (AvgIpc) is 2.41. The predicted molar refractivity (Wildman–Crippen MR) is 96.9 cm³/mol. The lowest BCUT2D eigenvalue weighted by atomic mass is 10.3. The van der Waals surface area contributed by atoms with Crippen molar-refractivity contribution in [2.45, 2.75) is 14.7 Å². The second kappa shape index (κ2) is 7.11. The highest BCUT2D eigenvalue weighted by atomic mass is 35.5. The third kappa shape index (κ3) is 5.01. The second-order valence-corrected chi connectivity index (χ2v) is 9.91. The van der Waals surface area contributed by atoms with Gasteiger partial charge in [0.2, 0.25) is 20.0 Å². The first-order valence-corrected chi connectivity index (χ1v) is 11.2. The summed E-state index contributed by atoms with van der Waals surface area (Å²) >= 11 is 13.2. The van der Waals surface area contributed by atoms with E-state index in [4.69, 9.17) is 28.3 Å². The number of halogens is 2. The molecule has 0 spiro atoms. The van der Waals surface area contributed by atoms with Crippen LogP contribution in [0.1, 0.15) is 0 Å². The van der Waals surface area contributed by atoms with Gasteiger partial charge in [-0.05, 0) is 30.3 Å².